The number of hydrogen-bond acceptors (Lipinski definition) is 9. The summed E-state index contributed by atoms with van der Waals surface area (Å²) in [4.78, 5) is 23.4. The van der Waals surface area contributed by atoms with E-state index in [-0.39, 0.29) is 0 Å². The summed E-state index contributed by atoms with van der Waals surface area (Å²) in [5.41, 5.74) is 2.66. The standard InChI is InChI=1S/C21H29N7OS.C3H8/c1-5-6-7-29-13-20-26-15(4)8-17(27-20)18-11-25-21(30-18)28-19-12-23-16(10-24-19)9-22-14(2)3;1-3-2/h8,10-12,14,22H,5-7,9,13H2,1-4H3,(H,24,25,28);3H2,1-2H3. The second-order valence-corrected chi connectivity index (χ2v) is 9.04. The largest absolute Gasteiger partial charge is 0.373 e. The maximum absolute atomic E-state index is 5.66. The minimum absolute atomic E-state index is 0.409. The van der Waals surface area contributed by atoms with Crippen molar-refractivity contribution in [3.05, 3.63) is 41.9 Å². The van der Waals surface area contributed by atoms with Crippen LogP contribution in [0.5, 0.6) is 0 Å². The number of thiazole rings is 1. The molecule has 0 fully saturated rings. The molecular weight excluding hydrogens is 434 g/mol. The van der Waals surface area contributed by atoms with Crippen LogP contribution >= 0.6 is 11.3 Å². The van der Waals surface area contributed by atoms with Crippen LogP contribution in [0, 0.1) is 6.92 Å². The number of nitrogens with one attached hydrogen (secondary N) is 2. The van der Waals surface area contributed by atoms with Gasteiger partial charge in [0.2, 0.25) is 0 Å². The summed E-state index contributed by atoms with van der Waals surface area (Å²) < 4.78 is 5.66. The molecule has 9 heteroatoms. The number of unbranched alkanes of at least 4 members (excludes halogenated alkanes) is 1. The molecule has 0 aliphatic heterocycles. The van der Waals surface area contributed by atoms with Gasteiger partial charge < -0.3 is 15.4 Å². The third kappa shape index (κ3) is 9.89. The molecule has 0 aliphatic rings. The van der Waals surface area contributed by atoms with E-state index in [1.54, 1.807) is 12.4 Å². The van der Waals surface area contributed by atoms with E-state index in [1.165, 1.54) is 17.8 Å². The molecule has 0 bridgehead atoms. The molecule has 0 unspecified atom stereocenters. The van der Waals surface area contributed by atoms with Crippen LogP contribution in [0.25, 0.3) is 10.6 Å². The normalized spacial score (nSPS) is 10.8. The second kappa shape index (κ2) is 14.6. The zero-order valence-corrected chi connectivity index (χ0v) is 21.5. The van der Waals surface area contributed by atoms with E-state index in [9.17, 15) is 0 Å². The molecule has 0 saturated heterocycles. The molecule has 0 amide bonds. The number of anilines is 2. The Morgan fingerprint density at radius 3 is 2.48 bits per heavy atom. The molecule has 0 saturated carbocycles. The minimum Gasteiger partial charge on any atom is -0.373 e. The molecule has 33 heavy (non-hydrogen) atoms. The van der Waals surface area contributed by atoms with Crippen molar-refractivity contribution in [3.63, 3.8) is 0 Å². The van der Waals surface area contributed by atoms with Gasteiger partial charge in [0.05, 0.1) is 28.7 Å². The summed E-state index contributed by atoms with van der Waals surface area (Å²) in [5.74, 6) is 1.36. The van der Waals surface area contributed by atoms with Crippen molar-refractivity contribution in [2.45, 2.75) is 80.0 Å². The number of ether oxygens (including phenoxy) is 1. The van der Waals surface area contributed by atoms with E-state index in [1.807, 2.05) is 19.2 Å². The smallest absolute Gasteiger partial charge is 0.188 e. The van der Waals surface area contributed by atoms with Crippen molar-refractivity contribution >= 4 is 22.3 Å². The average Bonchev–Trinajstić information content (AvgIpc) is 3.25. The Kier molecular flexibility index (Phi) is 11.9. The Morgan fingerprint density at radius 2 is 1.82 bits per heavy atom. The highest BCUT2D eigenvalue weighted by Gasteiger charge is 2.10. The number of aromatic nitrogens is 5. The van der Waals surface area contributed by atoms with E-state index in [4.69, 9.17) is 4.74 Å². The van der Waals surface area contributed by atoms with Crippen LogP contribution in [-0.2, 0) is 17.9 Å². The Labute approximate surface area is 201 Å². The molecule has 8 nitrogen and oxygen atoms in total. The fraction of sp³-hybridized carbons (Fsp3) is 0.542. The van der Waals surface area contributed by atoms with Gasteiger partial charge in [0.15, 0.2) is 16.8 Å². The number of nitrogens with zero attached hydrogens (tertiary/aromatic N) is 5. The predicted octanol–water partition coefficient (Wildman–Crippen LogP) is 5.67. The molecule has 180 valence electrons. The van der Waals surface area contributed by atoms with E-state index < -0.39 is 0 Å². The van der Waals surface area contributed by atoms with E-state index in [0.717, 1.165) is 46.5 Å². The number of hydrogen-bond donors (Lipinski definition) is 2. The first-order valence-corrected chi connectivity index (χ1v) is 12.5. The topological polar surface area (TPSA) is 97.7 Å². The summed E-state index contributed by atoms with van der Waals surface area (Å²) in [5, 5.41) is 7.28. The highest BCUT2D eigenvalue weighted by molar-refractivity contribution is 7.18. The summed E-state index contributed by atoms with van der Waals surface area (Å²) in [6, 6.07) is 2.37. The van der Waals surface area contributed by atoms with Gasteiger partial charge in [-0.1, -0.05) is 58.8 Å². The lowest BCUT2D eigenvalue weighted by atomic mass is 10.3. The molecular formula is C24H37N7OS. The van der Waals surface area contributed by atoms with Crippen molar-refractivity contribution in [1.82, 2.24) is 30.2 Å². The van der Waals surface area contributed by atoms with Crippen molar-refractivity contribution in [2.75, 3.05) is 11.9 Å². The maximum Gasteiger partial charge on any atom is 0.188 e. The Bertz CT molecular complexity index is 944. The van der Waals surface area contributed by atoms with E-state index in [0.29, 0.717) is 30.8 Å². The van der Waals surface area contributed by atoms with Gasteiger partial charge >= 0.3 is 0 Å². The number of rotatable bonds is 11. The fourth-order valence-corrected chi connectivity index (χ4v) is 3.39. The first-order valence-electron chi connectivity index (χ1n) is 11.6. The van der Waals surface area contributed by atoms with Crippen LogP contribution in [0.4, 0.5) is 10.9 Å². The zero-order chi connectivity index (χ0) is 24.1. The third-order valence-corrected chi connectivity index (χ3v) is 5.10. The van der Waals surface area contributed by atoms with Gasteiger partial charge in [-0.3, -0.25) is 4.98 Å². The van der Waals surface area contributed by atoms with E-state index >= 15 is 0 Å². The van der Waals surface area contributed by atoms with Gasteiger partial charge in [-0.25, -0.2) is 19.9 Å². The molecule has 3 heterocycles. The van der Waals surface area contributed by atoms with Gasteiger partial charge in [-0.15, -0.1) is 0 Å². The van der Waals surface area contributed by atoms with Gasteiger partial charge in [0.25, 0.3) is 0 Å². The van der Waals surface area contributed by atoms with Gasteiger partial charge in [0, 0.05) is 31.1 Å². The lowest BCUT2D eigenvalue weighted by Gasteiger charge is -2.07. The van der Waals surface area contributed by atoms with Crippen molar-refractivity contribution in [2.24, 2.45) is 0 Å². The van der Waals surface area contributed by atoms with Gasteiger partial charge in [-0.05, 0) is 19.4 Å². The summed E-state index contributed by atoms with van der Waals surface area (Å²) in [6.07, 6.45) is 8.70. The second-order valence-electron chi connectivity index (χ2n) is 8.01. The van der Waals surface area contributed by atoms with Crippen molar-refractivity contribution in [1.29, 1.82) is 0 Å². The van der Waals surface area contributed by atoms with Crippen LogP contribution < -0.4 is 10.6 Å². The van der Waals surface area contributed by atoms with Crippen molar-refractivity contribution < 1.29 is 4.74 Å². The Hall–Kier alpha value is -2.49. The number of aryl methyl sites for hydroxylation is 1. The lowest BCUT2D eigenvalue weighted by Crippen LogP contribution is -2.22. The van der Waals surface area contributed by atoms with Crippen LogP contribution in [0.15, 0.2) is 24.7 Å². The predicted molar refractivity (Wildman–Crippen MR) is 136 cm³/mol. The molecule has 3 aromatic heterocycles. The minimum atomic E-state index is 0.409. The van der Waals surface area contributed by atoms with Crippen LogP contribution in [0.1, 0.15) is 71.1 Å². The molecule has 2 N–H and O–H groups in total. The highest BCUT2D eigenvalue weighted by Crippen LogP contribution is 2.29. The molecule has 0 aliphatic carbocycles. The SMILES string of the molecule is CCC.CCCCOCc1nc(C)cc(-c2cnc(Nc3cnc(CNC(C)C)cn3)s2)n1. The molecule has 3 rings (SSSR count). The fourth-order valence-electron chi connectivity index (χ4n) is 2.61. The van der Waals surface area contributed by atoms with Crippen LogP contribution in [0.2, 0.25) is 0 Å². The molecule has 0 spiro atoms. The molecule has 0 atom stereocenters. The van der Waals surface area contributed by atoms with Crippen molar-refractivity contribution in [3.8, 4) is 10.6 Å². The first kappa shape index (κ1) is 26.8. The Morgan fingerprint density at radius 1 is 1.03 bits per heavy atom. The summed E-state index contributed by atoms with van der Waals surface area (Å²) in [7, 11) is 0. The quantitative estimate of drug-likeness (QED) is 0.345. The van der Waals surface area contributed by atoms with Crippen LogP contribution in [0.3, 0.4) is 0 Å². The first-order chi connectivity index (χ1) is 15.9. The van der Waals surface area contributed by atoms with Crippen LogP contribution in [-0.4, -0.2) is 37.6 Å². The average molecular weight is 472 g/mol. The zero-order valence-electron chi connectivity index (χ0n) is 20.7. The maximum atomic E-state index is 5.66. The monoisotopic (exact) mass is 471 g/mol. The van der Waals surface area contributed by atoms with E-state index in [2.05, 4.69) is 70.2 Å². The lowest BCUT2D eigenvalue weighted by molar-refractivity contribution is 0.112. The van der Waals surface area contributed by atoms with Gasteiger partial charge in [0.1, 0.15) is 6.61 Å². The van der Waals surface area contributed by atoms with Gasteiger partial charge in [-0.2, -0.15) is 0 Å². The Balaban J connectivity index is 0.00000122. The summed E-state index contributed by atoms with van der Waals surface area (Å²) >= 11 is 1.52. The molecule has 3 aromatic rings. The third-order valence-electron chi connectivity index (χ3n) is 4.16. The highest BCUT2D eigenvalue weighted by atomic mass is 32.1. The molecule has 0 aromatic carbocycles. The summed E-state index contributed by atoms with van der Waals surface area (Å²) in [6.45, 7) is 14.4. The molecule has 0 radical (unpaired) electrons.